The Morgan fingerprint density at radius 2 is 1.83 bits per heavy atom. The number of benzene rings is 2. The lowest BCUT2D eigenvalue weighted by molar-refractivity contribution is -0.129. The summed E-state index contributed by atoms with van der Waals surface area (Å²) >= 11 is 13.6. The zero-order valence-electron chi connectivity index (χ0n) is 14.9. The van der Waals surface area contributed by atoms with E-state index in [0.717, 1.165) is 0 Å². The van der Waals surface area contributed by atoms with Crippen molar-refractivity contribution in [3.8, 4) is 5.75 Å². The van der Waals surface area contributed by atoms with Crippen molar-refractivity contribution < 1.29 is 22.1 Å². The first-order valence-corrected chi connectivity index (χ1v) is 11.4. The molecule has 0 unspecified atom stereocenters. The Kier molecular flexibility index (Phi) is 5.66. The summed E-state index contributed by atoms with van der Waals surface area (Å²) in [5.41, 5.74) is 0.119. The predicted molar refractivity (Wildman–Crippen MR) is 116 cm³/mol. The number of ether oxygens (including phenoxy) is 1. The van der Waals surface area contributed by atoms with Gasteiger partial charge in [-0.3, -0.25) is 0 Å². The first kappa shape index (κ1) is 20.6. The van der Waals surface area contributed by atoms with E-state index in [9.17, 15) is 13.2 Å². The van der Waals surface area contributed by atoms with Crippen molar-refractivity contribution in [2.45, 2.75) is 4.90 Å². The average Bonchev–Trinajstić information content (AvgIpc) is 3.36. The van der Waals surface area contributed by atoms with E-state index in [1.165, 1.54) is 41.7 Å². The van der Waals surface area contributed by atoms with Gasteiger partial charge in [0, 0.05) is 10.6 Å². The summed E-state index contributed by atoms with van der Waals surface area (Å²) in [6.07, 6.45) is 1.32. The van der Waals surface area contributed by atoms with Gasteiger partial charge in [0.1, 0.15) is 4.90 Å². The van der Waals surface area contributed by atoms with Crippen molar-refractivity contribution in [2.75, 3.05) is 0 Å². The van der Waals surface area contributed by atoms with Crippen LogP contribution >= 0.6 is 34.5 Å². The third-order valence-electron chi connectivity index (χ3n) is 3.91. The van der Waals surface area contributed by atoms with E-state index >= 15 is 0 Å². The van der Waals surface area contributed by atoms with E-state index < -0.39 is 16.1 Å². The molecule has 0 N–H and O–H groups in total. The van der Waals surface area contributed by atoms with Gasteiger partial charge in [-0.15, -0.1) is 11.3 Å². The summed E-state index contributed by atoms with van der Waals surface area (Å²) in [6.45, 7) is 0. The second-order valence-corrected chi connectivity index (χ2v) is 9.31. The Morgan fingerprint density at radius 3 is 2.53 bits per heavy atom. The first-order chi connectivity index (χ1) is 14.3. The number of carbonyl (C=O) groups excluding carboxylic acids is 1. The van der Waals surface area contributed by atoms with Crippen molar-refractivity contribution in [3.05, 3.63) is 86.2 Å². The fraction of sp³-hybridized carbons (Fsp3) is 0. The zero-order valence-corrected chi connectivity index (χ0v) is 18.1. The van der Waals surface area contributed by atoms with E-state index in [1.807, 2.05) is 5.38 Å². The summed E-state index contributed by atoms with van der Waals surface area (Å²) < 4.78 is 35.8. The molecule has 0 radical (unpaired) electrons. The maximum atomic E-state index is 12.6. The monoisotopic (exact) mass is 479 g/mol. The zero-order chi connectivity index (χ0) is 21.3. The van der Waals surface area contributed by atoms with E-state index in [0.29, 0.717) is 4.88 Å². The largest absolute Gasteiger partial charge is 0.401 e. The molecule has 152 valence electrons. The van der Waals surface area contributed by atoms with E-state index in [1.54, 1.807) is 30.3 Å². The van der Waals surface area contributed by atoms with Crippen LogP contribution in [0.3, 0.4) is 0 Å². The highest BCUT2D eigenvalue weighted by Gasteiger charge is 2.27. The third kappa shape index (κ3) is 4.27. The Bertz CT molecular complexity index is 1280. The van der Waals surface area contributed by atoms with Crippen molar-refractivity contribution in [3.63, 3.8) is 0 Å². The van der Waals surface area contributed by atoms with Crippen LogP contribution in [0.1, 0.15) is 10.4 Å². The molecule has 4 rings (SSSR count). The van der Waals surface area contributed by atoms with Crippen LogP contribution < -0.4 is 4.18 Å². The van der Waals surface area contributed by atoms with Gasteiger partial charge in [0.25, 0.3) is 0 Å². The van der Waals surface area contributed by atoms with Gasteiger partial charge in [0.2, 0.25) is 5.90 Å². The number of hydrogen-bond acceptors (Lipinski definition) is 7. The van der Waals surface area contributed by atoms with E-state index in [-0.39, 0.29) is 37.8 Å². The Balaban J connectivity index is 1.76. The van der Waals surface area contributed by atoms with Gasteiger partial charge >= 0.3 is 16.1 Å². The Morgan fingerprint density at radius 1 is 1.07 bits per heavy atom. The van der Waals surface area contributed by atoms with Crippen LogP contribution in [0.5, 0.6) is 5.75 Å². The van der Waals surface area contributed by atoms with Crippen LogP contribution in [0.4, 0.5) is 0 Å². The highest BCUT2D eigenvalue weighted by Crippen LogP contribution is 2.36. The minimum absolute atomic E-state index is 0.0392. The van der Waals surface area contributed by atoms with Gasteiger partial charge in [-0.05, 0) is 41.8 Å². The lowest BCUT2D eigenvalue weighted by atomic mass is 10.1. The van der Waals surface area contributed by atoms with Gasteiger partial charge < -0.3 is 8.92 Å². The quantitative estimate of drug-likeness (QED) is 0.286. The molecule has 0 atom stereocenters. The lowest BCUT2D eigenvalue weighted by Gasteiger charge is -2.12. The first-order valence-electron chi connectivity index (χ1n) is 8.38. The molecular weight excluding hydrogens is 469 g/mol. The highest BCUT2D eigenvalue weighted by molar-refractivity contribution is 7.87. The number of nitrogens with zero attached hydrogens (tertiary/aromatic N) is 1. The molecule has 10 heteroatoms. The summed E-state index contributed by atoms with van der Waals surface area (Å²) in [5, 5.41) is 2.01. The molecule has 2 heterocycles. The lowest BCUT2D eigenvalue weighted by Crippen LogP contribution is -2.11. The normalized spacial score (nSPS) is 15.2. The van der Waals surface area contributed by atoms with Gasteiger partial charge in [-0.2, -0.15) is 8.42 Å². The molecule has 0 bridgehead atoms. The van der Waals surface area contributed by atoms with Crippen LogP contribution in [0.2, 0.25) is 10.0 Å². The molecule has 1 aliphatic rings. The molecule has 0 amide bonds. The van der Waals surface area contributed by atoms with Crippen LogP contribution in [-0.4, -0.2) is 20.3 Å². The maximum absolute atomic E-state index is 12.6. The number of aliphatic imine (C=N–C) groups is 1. The number of esters is 1. The second kappa shape index (κ2) is 8.23. The predicted octanol–water partition coefficient (Wildman–Crippen LogP) is 5.17. The SMILES string of the molecule is O=C1OC(c2cccs2)=N/C1=C/c1cc(Cl)cc(Cl)c1OS(=O)(=O)c1ccccc1. The third-order valence-corrected chi connectivity index (χ3v) is 6.50. The molecule has 1 aromatic heterocycles. The number of thiophene rings is 1. The average molecular weight is 480 g/mol. The molecule has 3 aromatic rings. The Labute approximate surface area is 186 Å². The number of rotatable bonds is 5. The molecule has 0 saturated heterocycles. The van der Waals surface area contributed by atoms with Crippen LogP contribution in [0.25, 0.3) is 6.08 Å². The molecule has 0 spiro atoms. The van der Waals surface area contributed by atoms with Crippen LogP contribution in [-0.2, 0) is 19.6 Å². The van der Waals surface area contributed by atoms with Gasteiger partial charge in [-0.1, -0.05) is 47.5 Å². The van der Waals surface area contributed by atoms with Gasteiger partial charge in [0.15, 0.2) is 11.4 Å². The Hall–Kier alpha value is -2.65. The minimum Gasteiger partial charge on any atom is -0.401 e. The molecule has 0 saturated carbocycles. The molecule has 0 fully saturated rings. The number of halogens is 2. The van der Waals surface area contributed by atoms with Crippen molar-refractivity contribution >= 4 is 62.6 Å². The summed E-state index contributed by atoms with van der Waals surface area (Å²) in [4.78, 5) is 17.1. The molecular formula is C20H11Cl2NO5S2. The van der Waals surface area contributed by atoms with Gasteiger partial charge in [0.05, 0.1) is 9.90 Å². The molecule has 6 nitrogen and oxygen atoms in total. The second-order valence-electron chi connectivity index (χ2n) is 5.97. The van der Waals surface area contributed by atoms with Gasteiger partial charge in [-0.25, -0.2) is 9.79 Å². The summed E-state index contributed by atoms with van der Waals surface area (Å²) in [7, 11) is -4.17. The van der Waals surface area contributed by atoms with E-state index in [4.69, 9.17) is 32.1 Å². The number of carbonyl (C=O) groups is 1. The van der Waals surface area contributed by atoms with Crippen LogP contribution in [0, 0.1) is 0 Å². The number of hydrogen-bond donors (Lipinski definition) is 0. The fourth-order valence-electron chi connectivity index (χ4n) is 2.58. The standard InChI is InChI=1S/C20H11Cl2NO5S2/c21-13-9-12(10-16-20(24)27-19(23-16)17-7-4-8-29-17)18(15(22)11-13)28-30(25,26)14-5-2-1-3-6-14/h1-11H/b16-10+. The maximum Gasteiger partial charge on any atom is 0.363 e. The van der Waals surface area contributed by atoms with Crippen molar-refractivity contribution in [1.82, 2.24) is 0 Å². The highest BCUT2D eigenvalue weighted by atomic mass is 35.5. The molecule has 1 aliphatic heterocycles. The van der Waals surface area contributed by atoms with Crippen molar-refractivity contribution in [2.24, 2.45) is 4.99 Å². The molecule has 2 aromatic carbocycles. The van der Waals surface area contributed by atoms with E-state index in [2.05, 4.69) is 4.99 Å². The smallest absolute Gasteiger partial charge is 0.363 e. The summed E-state index contributed by atoms with van der Waals surface area (Å²) in [6, 6.07) is 13.9. The molecule has 30 heavy (non-hydrogen) atoms. The minimum atomic E-state index is -4.17. The fourth-order valence-corrected chi connectivity index (χ4v) is 4.82. The topological polar surface area (TPSA) is 82.0 Å². The van der Waals surface area contributed by atoms with Crippen molar-refractivity contribution in [1.29, 1.82) is 0 Å². The van der Waals surface area contributed by atoms with Crippen LogP contribution in [0.15, 0.2) is 75.6 Å². The molecule has 0 aliphatic carbocycles. The summed E-state index contributed by atoms with van der Waals surface area (Å²) in [5.74, 6) is -0.704. The number of cyclic esters (lactones) is 1.